The van der Waals surface area contributed by atoms with Gasteiger partial charge in [-0.1, -0.05) is 12.1 Å². The lowest BCUT2D eigenvalue weighted by Gasteiger charge is -2.35. The van der Waals surface area contributed by atoms with Crippen LogP contribution in [-0.4, -0.2) is 49.9 Å². The summed E-state index contributed by atoms with van der Waals surface area (Å²) >= 11 is 3.56. The van der Waals surface area contributed by atoms with Gasteiger partial charge in [-0.2, -0.15) is 0 Å². The predicted octanol–water partition coefficient (Wildman–Crippen LogP) is 2.44. The van der Waals surface area contributed by atoms with Gasteiger partial charge in [-0.25, -0.2) is 0 Å². The van der Waals surface area contributed by atoms with Crippen LogP contribution in [0.25, 0.3) is 0 Å². The standard InChI is InChI=1S/C16H25BrN2O2/c1-12(2)19-8-9-20-14(10-19)11-21-16-13(6-7-18)4-3-5-15(16)17/h3-5,12,14H,6-11,18H2,1-2H3. The molecular weight excluding hydrogens is 332 g/mol. The van der Waals surface area contributed by atoms with Gasteiger partial charge < -0.3 is 15.2 Å². The van der Waals surface area contributed by atoms with Crippen LogP contribution >= 0.6 is 15.9 Å². The number of hydrogen-bond acceptors (Lipinski definition) is 4. The fourth-order valence-corrected chi connectivity index (χ4v) is 3.08. The van der Waals surface area contributed by atoms with Crippen molar-refractivity contribution < 1.29 is 9.47 Å². The van der Waals surface area contributed by atoms with Gasteiger partial charge >= 0.3 is 0 Å². The second kappa shape index (κ2) is 8.13. The fourth-order valence-electron chi connectivity index (χ4n) is 2.56. The second-order valence-electron chi connectivity index (χ2n) is 5.66. The number of rotatable bonds is 6. The monoisotopic (exact) mass is 356 g/mol. The van der Waals surface area contributed by atoms with E-state index in [9.17, 15) is 0 Å². The molecular formula is C16H25BrN2O2. The van der Waals surface area contributed by atoms with Crippen LogP contribution in [-0.2, 0) is 11.2 Å². The molecule has 2 N–H and O–H groups in total. The molecule has 0 radical (unpaired) electrons. The number of para-hydroxylation sites is 1. The van der Waals surface area contributed by atoms with Crippen molar-refractivity contribution in [3.8, 4) is 5.75 Å². The van der Waals surface area contributed by atoms with Crippen molar-refractivity contribution in [2.24, 2.45) is 5.73 Å². The summed E-state index contributed by atoms with van der Waals surface area (Å²) in [5.41, 5.74) is 6.81. The van der Waals surface area contributed by atoms with Gasteiger partial charge in [0, 0.05) is 19.1 Å². The van der Waals surface area contributed by atoms with Crippen LogP contribution in [0.4, 0.5) is 0 Å². The highest BCUT2D eigenvalue weighted by atomic mass is 79.9. The van der Waals surface area contributed by atoms with Crippen LogP contribution in [0.1, 0.15) is 19.4 Å². The number of nitrogens with zero attached hydrogens (tertiary/aromatic N) is 1. The van der Waals surface area contributed by atoms with E-state index in [-0.39, 0.29) is 6.10 Å². The summed E-state index contributed by atoms with van der Waals surface area (Å²) < 4.78 is 12.8. The minimum Gasteiger partial charge on any atom is -0.489 e. The lowest BCUT2D eigenvalue weighted by molar-refractivity contribution is -0.0566. The van der Waals surface area contributed by atoms with Crippen molar-refractivity contribution in [3.05, 3.63) is 28.2 Å². The largest absolute Gasteiger partial charge is 0.489 e. The molecule has 4 nitrogen and oxygen atoms in total. The lowest BCUT2D eigenvalue weighted by atomic mass is 10.1. The van der Waals surface area contributed by atoms with Crippen molar-refractivity contribution in [3.63, 3.8) is 0 Å². The maximum absolute atomic E-state index is 6.03. The zero-order valence-electron chi connectivity index (χ0n) is 12.8. The number of morpholine rings is 1. The quantitative estimate of drug-likeness (QED) is 0.850. The van der Waals surface area contributed by atoms with Gasteiger partial charge in [-0.15, -0.1) is 0 Å². The van der Waals surface area contributed by atoms with Gasteiger partial charge in [-0.3, -0.25) is 4.90 Å². The predicted molar refractivity (Wildman–Crippen MR) is 88.8 cm³/mol. The summed E-state index contributed by atoms with van der Waals surface area (Å²) in [6.07, 6.45) is 0.942. The molecule has 0 amide bonds. The third kappa shape index (κ3) is 4.68. The highest BCUT2D eigenvalue weighted by Crippen LogP contribution is 2.29. The maximum Gasteiger partial charge on any atom is 0.136 e. The fraction of sp³-hybridized carbons (Fsp3) is 0.625. The molecule has 1 atom stereocenters. The van der Waals surface area contributed by atoms with Crippen molar-refractivity contribution >= 4 is 15.9 Å². The lowest BCUT2D eigenvalue weighted by Crippen LogP contribution is -2.47. The van der Waals surface area contributed by atoms with E-state index in [2.05, 4.69) is 40.7 Å². The zero-order valence-corrected chi connectivity index (χ0v) is 14.4. The molecule has 1 aliphatic heterocycles. The van der Waals surface area contributed by atoms with E-state index in [1.807, 2.05) is 12.1 Å². The first-order chi connectivity index (χ1) is 10.1. The minimum atomic E-state index is 0.124. The molecule has 5 heteroatoms. The summed E-state index contributed by atoms with van der Waals surface area (Å²) in [6.45, 7) is 8.33. The zero-order chi connectivity index (χ0) is 15.2. The summed E-state index contributed by atoms with van der Waals surface area (Å²) in [6, 6.07) is 6.62. The molecule has 0 bridgehead atoms. The Bertz CT molecular complexity index is 454. The second-order valence-corrected chi connectivity index (χ2v) is 6.51. The van der Waals surface area contributed by atoms with E-state index in [1.54, 1.807) is 0 Å². The third-order valence-electron chi connectivity index (χ3n) is 3.78. The van der Waals surface area contributed by atoms with Crippen LogP contribution in [0.3, 0.4) is 0 Å². The van der Waals surface area contributed by atoms with Gasteiger partial charge in [0.2, 0.25) is 0 Å². The molecule has 0 saturated carbocycles. The van der Waals surface area contributed by atoms with Gasteiger partial charge in [0.15, 0.2) is 0 Å². The molecule has 1 aromatic carbocycles. The van der Waals surface area contributed by atoms with Crippen LogP contribution < -0.4 is 10.5 Å². The maximum atomic E-state index is 6.03. The Morgan fingerprint density at radius 2 is 2.29 bits per heavy atom. The van der Waals surface area contributed by atoms with E-state index in [0.29, 0.717) is 19.2 Å². The van der Waals surface area contributed by atoms with E-state index in [1.165, 1.54) is 0 Å². The topological polar surface area (TPSA) is 47.7 Å². The molecule has 1 unspecified atom stereocenters. The van der Waals surface area contributed by atoms with Gasteiger partial charge in [0.25, 0.3) is 0 Å². The van der Waals surface area contributed by atoms with Gasteiger partial charge in [0.1, 0.15) is 18.5 Å². The summed E-state index contributed by atoms with van der Waals surface area (Å²) in [4.78, 5) is 2.43. The molecule has 0 aliphatic carbocycles. The average Bonchev–Trinajstić information content (AvgIpc) is 2.47. The Labute approximate surface area is 135 Å². The number of ether oxygens (including phenoxy) is 2. The van der Waals surface area contributed by atoms with Gasteiger partial charge in [0.05, 0.1) is 11.1 Å². The molecule has 2 rings (SSSR count). The van der Waals surface area contributed by atoms with Crippen molar-refractivity contribution in [2.45, 2.75) is 32.4 Å². The Hall–Kier alpha value is -0.620. The SMILES string of the molecule is CC(C)N1CCOC(COc2c(Br)cccc2CCN)C1. The first kappa shape index (κ1) is 16.7. The van der Waals surface area contributed by atoms with E-state index in [4.69, 9.17) is 15.2 Å². The van der Waals surface area contributed by atoms with Crippen molar-refractivity contribution in [2.75, 3.05) is 32.8 Å². The molecule has 1 heterocycles. The molecule has 1 fully saturated rings. The number of hydrogen-bond donors (Lipinski definition) is 1. The van der Waals surface area contributed by atoms with Crippen LogP contribution in [0.15, 0.2) is 22.7 Å². The number of benzene rings is 1. The average molecular weight is 357 g/mol. The highest BCUT2D eigenvalue weighted by Gasteiger charge is 2.23. The number of nitrogens with two attached hydrogens (primary N) is 1. The van der Waals surface area contributed by atoms with E-state index < -0.39 is 0 Å². The molecule has 1 saturated heterocycles. The van der Waals surface area contributed by atoms with Crippen molar-refractivity contribution in [1.82, 2.24) is 4.90 Å². The summed E-state index contributed by atoms with van der Waals surface area (Å²) in [5.74, 6) is 0.897. The number of halogens is 1. The first-order valence-corrected chi connectivity index (χ1v) is 8.37. The summed E-state index contributed by atoms with van der Waals surface area (Å²) in [7, 11) is 0. The molecule has 118 valence electrons. The first-order valence-electron chi connectivity index (χ1n) is 7.57. The van der Waals surface area contributed by atoms with Crippen LogP contribution in [0, 0.1) is 0 Å². The molecule has 1 aliphatic rings. The van der Waals surface area contributed by atoms with Crippen LogP contribution in [0.5, 0.6) is 5.75 Å². The van der Waals surface area contributed by atoms with Gasteiger partial charge in [-0.05, 0) is 54.4 Å². The smallest absolute Gasteiger partial charge is 0.136 e. The minimum absolute atomic E-state index is 0.124. The molecule has 0 aromatic heterocycles. The third-order valence-corrected chi connectivity index (χ3v) is 4.40. The normalized spacial score (nSPS) is 20.0. The van der Waals surface area contributed by atoms with Crippen LogP contribution in [0.2, 0.25) is 0 Å². The highest BCUT2D eigenvalue weighted by molar-refractivity contribution is 9.10. The molecule has 0 spiro atoms. The Balaban J connectivity index is 1.96. The molecule has 21 heavy (non-hydrogen) atoms. The van der Waals surface area contributed by atoms with E-state index in [0.717, 1.165) is 41.9 Å². The molecule has 1 aromatic rings. The Morgan fingerprint density at radius 3 is 3.00 bits per heavy atom. The Morgan fingerprint density at radius 1 is 1.48 bits per heavy atom. The summed E-state index contributed by atoms with van der Waals surface area (Å²) in [5, 5.41) is 0. The van der Waals surface area contributed by atoms with Crippen molar-refractivity contribution in [1.29, 1.82) is 0 Å². The Kier molecular flexibility index (Phi) is 6.48. The van der Waals surface area contributed by atoms with E-state index >= 15 is 0 Å².